The Kier molecular flexibility index (Phi) is 7.58. The summed E-state index contributed by atoms with van der Waals surface area (Å²) < 4.78 is 5.52. The number of ether oxygens (including phenoxy) is 1. The lowest BCUT2D eigenvalue weighted by Crippen LogP contribution is -2.24. The predicted octanol–water partition coefficient (Wildman–Crippen LogP) is 3.77. The zero-order valence-corrected chi connectivity index (χ0v) is 17.4. The minimum absolute atomic E-state index is 0.178. The Balaban J connectivity index is 1.60. The van der Waals surface area contributed by atoms with Gasteiger partial charge in [0.1, 0.15) is 12.2 Å². The number of rotatable bonds is 9. The fourth-order valence-electron chi connectivity index (χ4n) is 2.72. The van der Waals surface area contributed by atoms with Crippen LogP contribution in [0.1, 0.15) is 12.0 Å². The number of nitro benzene ring substituents is 2. The normalized spacial score (nSPS) is 10.5. The molecule has 3 aromatic carbocycles. The molecule has 0 fully saturated rings. The molecule has 12 heteroatoms. The van der Waals surface area contributed by atoms with Crippen molar-refractivity contribution in [1.82, 2.24) is 5.43 Å². The van der Waals surface area contributed by atoms with Crippen LogP contribution in [0.4, 0.5) is 17.1 Å². The SMILES string of the molecule is O=C(CC(=O)Nc1ccccc1)NN=Cc1cccc(Oc2ccc([N+](=O)[O-])cc2[N+](=O)[O-])c1. The van der Waals surface area contributed by atoms with Crippen molar-refractivity contribution in [3.8, 4) is 11.5 Å². The van der Waals surface area contributed by atoms with Crippen molar-refractivity contribution >= 4 is 35.1 Å². The van der Waals surface area contributed by atoms with Gasteiger partial charge in [0.2, 0.25) is 17.6 Å². The number of hydrogen-bond acceptors (Lipinski definition) is 8. The lowest BCUT2D eigenvalue weighted by Gasteiger charge is -2.07. The number of carbonyl (C=O) groups excluding carboxylic acids is 2. The van der Waals surface area contributed by atoms with Crippen molar-refractivity contribution in [2.45, 2.75) is 6.42 Å². The van der Waals surface area contributed by atoms with Gasteiger partial charge in [0, 0.05) is 11.8 Å². The maximum Gasteiger partial charge on any atom is 0.318 e. The van der Waals surface area contributed by atoms with E-state index in [0.29, 0.717) is 11.3 Å². The Hall–Kier alpha value is -5.13. The topological polar surface area (TPSA) is 166 Å². The molecule has 2 N–H and O–H groups in total. The summed E-state index contributed by atoms with van der Waals surface area (Å²) in [7, 11) is 0. The number of nitrogens with one attached hydrogen (secondary N) is 2. The molecule has 0 heterocycles. The van der Waals surface area contributed by atoms with Gasteiger partial charge in [0.05, 0.1) is 22.1 Å². The van der Waals surface area contributed by atoms with Crippen molar-refractivity contribution in [3.05, 3.63) is 98.6 Å². The van der Waals surface area contributed by atoms with Gasteiger partial charge in [0.25, 0.3) is 5.69 Å². The lowest BCUT2D eigenvalue weighted by atomic mass is 10.2. The van der Waals surface area contributed by atoms with Crippen molar-refractivity contribution in [3.63, 3.8) is 0 Å². The van der Waals surface area contributed by atoms with Gasteiger partial charge in [-0.15, -0.1) is 0 Å². The molecule has 0 radical (unpaired) electrons. The highest BCUT2D eigenvalue weighted by atomic mass is 16.6. The van der Waals surface area contributed by atoms with E-state index in [-0.39, 0.29) is 11.5 Å². The predicted molar refractivity (Wildman–Crippen MR) is 122 cm³/mol. The van der Waals surface area contributed by atoms with E-state index in [2.05, 4.69) is 15.8 Å². The molecule has 0 unspecified atom stereocenters. The Morgan fingerprint density at radius 1 is 0.912 bits per heavy atom. The van der Waals surface area contributed by atoms with E-state index in [1.54, 1.807) is 42.5 Å². The second-order valence-corrected chi connectivity index (χ2v) is 6.72. The monoisotopic (exact) mass is 463 g/mol. The Labute approximate surface area is 192 Å². The minimum atomic E-state index is -0.781. The van der Waals surface area contributed by atoms with Crippen LogP contribution in [0.5, 0.6) is 11.5 Å². The van der Waals surface area contributed by atoms with Crippen molar-refractivity contribution in [2.24, 2.45) is 5.10 Å². The second-order valence-electron chi connectivity index (χ2n) is 6.72. The van der Waals surface area contributed by atoms with E-state index in [9.17, 15) is 29.8 Å². The summed E-state index contributed by atoms with van der Waals surface area (Å²) in [6, 6.07) is 17.9. The summed E-state index contributed by atoms with van der Waals surface area (Å²) >= 11 is 0. The molecule has 0 aromatic heterocycles. The van der Waals surface area contributed by atoms with E-state index in [1.165, 1.54) is 18.3 Å². The van der Waals surface area contributed by atoms with E-state index < -0.39 is 39.5 Å². The van der Waals surface area contributed by atoms with Crippen LogP contribution in [-0.4, -0.2) is 27.9 Å². The number of hydrogen-bond donors (Lipinski definition) is 2. The van der Waals surface area contributed by atoms with Gasteiger partial charge in [-0.05, 0) is 35.9 Å². The van der Waals surface area contributed by atoms with E-state index in [1.807, 2.05) is 0 Å². The number of para-hydroxylation sites is 1. The number of anilines is 1. The van der Waals surface area contributed by atoms with Gasteiger partial charge < -0.3 is 10.1 Å². The summed E-state index contributed by atoms with van der Waals surface area (Å²) in [6.07, 6.45) is 0.864. The molecule has 0 aliphatic carbocycles. The molecule has 0 saturated carbocycles. The molecule has 0 aliphatic rings. The van der Waals surface area contributed by atoms with Crippen LogP contribution in [0, 0.1) is 20.2 Å². The molecule has 0 spiro atoms. The van der Waals surface area contributed by atoms with Crippen LogP contribution < -0.4 is 15.5 Å². The van der Waals surface area contributed by atoms with Crippen LogP contribution in [0.15, 0.2) is 77.9 Å². The number of carbonyl (C=O) groups is 2. The maximum atomic E-state index is 11.9. The fraction of sp³-hybridized carbons (Fsp3) is 0.0455. The molecule has 34 heavy (non-hydrogen) atoms. The second kappa shape index (κ2) is 10.9. The summed E-state index contributed by atoms with van der Waals surface area (Å²) in [6.45, 7) is 0. The first kappa shape index (κ1) is 23.5. The zero-order chi connectivity index (χ0) is 24.5. The van der Waals surface area contributed by atoms with Crippen molar-refractivity contribution in [2.75, 3.05) is 5.32 Å². The number of nitro groups is 2. The molecular formula is C22H17N5O7. The van der Waals surface area contributed by atoms with Crippen LogP contribution in [0.3, 0.4) is 0 Å². The van der Waals surface area contributed by atoms with Crippen LogP contribution in [0.25, 0.3) is 0 Å². The highest BCUT2D eigenvalue weighted by Gasteiger charge is 2.21. The zero-order valence-electron chi connectivity index (χ0n) is 17.4. The smallest absolute Gasteiger partial charge is 0.318 e. The van der Waals surface area contributed by atoms with E-state index in [4.69, 9.17) is 4.74 Å². The van der Waals surface area contributed by atoms with Gasteiger partial charge in [0.15, 0.2) is 0 Å². The van der Waals surface area contributed by atoms with E-state index in [0.717, 1.165) is 18.2 Å². The van der Waals surface area contributed by atoms with Crippen LogP contribution >= 0.6 is 0 Å². The third kappa shape index (κ3) is 6.68. The number of non-ortho nitro benzene ring substituents is 1. The Morgan fingerprint density at radius 2 is 1.68 bits per heavy atom. The molecule has 0 bridgehead atoms. The molecule has 12 nitrogen and oxygen atoms in total. The first-order valence-corrected chi connectivity index (χ1v) is 9.69. The average molecular weight is 463 g/mol. The molecule has 2 amide bonds. The summed E-state index contributed by atoms with van der Waals surface area (Å²) in [4.78, 5) is 44.4. The first-order chi connectivity index (χ1) is 16.3. The number of benzene rings is 3. The largest absolute Gasteiger partial charge is 0.450 e. The summed E-state index contributed by atoms with van der Waals surface area (Å²) in [5.41, 5.74) is 2.28. The Bertz CT molecular complexity index is 1260. The van der Waals surface area contributed by atoms with Gasteiger partial charge in [-0.1, -0.05) is 30.3 Å². The average Bonchev–Trinajstić information content (AvgIpc) is 2.80. The molecule has 0 saturated heterocycles. The van der Waals surface area contributed by atoms with Crippen molar-refractivity contribution in [1.29, 1.82) is 0 Å². The minimum Gasteiger partial charge on any atom is -0.450 e. The summed E-state index contributed by atoms with van der Waals surface area (Å²) in [5.74, 6) is -1.10. The standard InChI is InChI=1S/C22H17N5O7/c28-21(24-16-6-2-1-3-7-16)13-22(29)25-23-14-15-5-4-8-18(11-15)34-20-10-9-17(26(30)31)12-19(20)27(32)33/h1-12,14H,13H2,(H,24,28)(H,25,29). The van der Waals surface area contributed by atoms with Gasteiger partial charge >= 0.3 is 5.69 Å². The number of nitrogens with zero attached hydrogens (tertiary/aromatic N) is 3. The van der Waals surface area contributed by atoms with E-state index >= 15 is 0 Å². The third-order valence-corrected chi connectivity index (χ3v) is 4.22. The molecule has 0 atom stereocenters. The molecule has 172 valence electrons. The first-order valence-electron chi connectivity index (χ1n) is 9.69. The molecule has 0 aliphatic heterocycles. The highest BCUT2D eigenvalue weighted by Crippen LogP contribution is 2.34. The molecule has 3 rings (SSSR count). The van der Waals surface area contributed by atoms with Gasteiger partial charge in [-0.3, -0.25) is 29.8 Å². The fourth-order valence-corrected chi connectivity index (χ4v) is 2.72. The van der Waals surface area contributed by atoms with Crippen LogP contribution in [-0.2, 0) is 9.59 Å². The summed E-state index contributed by atoms with van der Waals surface area (Å²) in [5, 5.41) is 28.5. The van der Waals surface area contributed by atoms with Gasteiger partial charge in [-0.2, -0.15) is 5.10 Å². The third-order valence-electron chi connectivity index (χ3n) is 4.22. The quantitative estimate of drug-likeness (QED) is 0.211. The maximum absolute atomic E-state index is 11.9. The highest BCUT2D eigenvalue weighted by molar-refractivity contribution is 6.03. The Morgan fingerprint density at radius 3 is 2.38 bits per heavy atom. The number of hydrazone groups is 1. The van der Waals surface area contributed by atoms with Crippen molar-refractivity contribution < 1.29 is 24.2 Å². The molecule has 3 aromatic rings. The number of amides is 2. The van der Waals surface area contributed by atoms with Gasteiger partial charge in [-0.25, -0.2) is 5.43 Å². The van der Waals surface area contributed by atoms with Crippen LogP contribution in [0.2, 0.25) is 0 Å². The molecular weight excluding hydrogens is 446 g/mol. The lowest BCUT2D eigenvalue weighted by molar-refractivity contribution is -0.394.